The molecular formula is C31H37N5O5. The summed E-state index contributed by atoms with van der Waals surface area (Å²) in [7, 11) is 1.59. The first kappa shape index (κ1) is 30.7. The van der Waals surface area contributed by atoms with E-state index in [1.54, 1.807) is 12.0 Å². The van der Waals surface area contributed by atoms with Crippen LogP contribution in [0.2, 0.25) is 0 Å². The van der Waals surface area contributed by atoms with Crippen LogP contribution in [0.5, 0.6) is 5.75 Å². The van der Waals surface area contributed by atoms with Gasteiger partial charge in [0, 0.05) is 13.1 Å². The van der Waals surface area contributed by atoms with E-state index in [0.717, 1.165) is 16.7 Å². The summed E-state index contributed by atoms with van der Waals surface area (Å²) >= 11 is 0. The first-order valence-corrected chi connectivity index (χ1v) is 13.4. The van der Waals surface area contributed by atoms with Crippen molar-refractivity contribution < 1.29 is 24.2 Å². The van der Waals surface area contributed by atoms with E-state index in [-0.39, 0.29) is 31.4 Å². The average molecular weight is 560 g/mol. The Labute approximate surface area is 240 Å². The highest BCUT2D eigenvalue weighted by atomic mass is 16.5. The van der Waals surface area contributed by atoms with Gasteiger partial charge < -0.3 is 31.5 Å². The molecule has 0 aliphatic carbocycles. The number of amides is 2. The monoisotopic (exact) mass is 559 g/mol. The maximum absolute atomic E-state index is 14.5. The van der Waals surface area contributed by atoms with Crippen molar-refractivity contribution in [2.75, 3.05) is 26.7 Å². The van der Waals surface area contributed by atoms with Crippen LogP contribution in [0.25, 0.3) is 0 Å². The Kier molecular flexibility index (Phi) is 11.7. The summed E-state index contributed by atoms with van der Waals surface area (Å²) < 4.78 is 5.26. The number of carboxylic acids is 1. The zero-order valence-electron chi connectivity index (χ0n) is 23.1. The number of guanidine groups is 1. The third-order valence-electron chi connectivity index (χ3n) is 6.62. The quantitative estimate of drug-likeness (QED) is 0.126. The van der Waals surface area contributed by atoms with Crippen LogP contribution >= 0.6 is 0 Å². The van der Waals surface area contributed by atoms with E-state index in [1.807, 2.05) is 84.9 Å². The molecule has 0 aromatic heterocycles. The van der Waals surface area contributed by atoms with Crippen molar-refractivity contribution in [1.82, 2.24) is 10.2 Å². The number of nitrogens with two attached hydrogens (primary N) is 2. The number of benzene rings is 3. The number of nitrogens with zero attached hydrogens (tertiary/aromatic N) is 2. The molecule has 1 atom stereocenters. The number of hydrogen-bond acceptors (Lipinski definition) is 5. The van der Waals surface area contributed by atoms with Gasteiger partial charge in [0.1, 0.15) is 18.3 Å². The molecule has 3 aromatic rings. The lowest BCUT2D eigenvalue weighted by atomic mass is 9.89. The Morgan fingerprint density at radius 2 is 1.51 bits per heavy atom. The summed E-state index contributed by atoms with van der Waals surface area (Å²) in [6.45, 7) is -0.0916. The van der Waals surface area contributed by atoms with Crippen molar-refractivity contribution in [2.45, 2.75) is 31.2 Å². The number of carboxylic acid groups (broad SMARTS) is 1. The number of hydrogen-bond donors (Lipinski definition) is 4. The van der Waals surface area contributed by atoms with Gasteiger partial charge in [0.15, 0.2) is 5.96 Å². The number of rotatable bonds is 15. The van der Waals surface area contributed by atoms with Crippen molar-refractivity contribution >= 4 is 23.7 Å². The molecule has 0 saturated carbocycles. The number of ether oxygens (including phenoxy) is 1. The van der Waals surface area contributed by atoms with E-state index in [9.17, 15) is 19.5 Å². The molecule has 0 aliphatic heterocycles. The van der Waals surface area contributed by atoms with Crippen molar-refractivity contribution in [3.05, 3.63) is 102 Å². The van der Waals surface area contributed by atoms with Crippen LogP contribution in [0.3, 0.4) is 0 Å². The van der Waals surface area contributed by atoms with Gasteiger partial charge in [-0.1, -0.05) is 72.8 Å². The lowest BCUT2D eigenvalue weighted by Crippen LogP contribution is -2.52. The third kappa shape index (κ3) is 9.38. The van der Waals surface area contributed by atoms with E-state index >= 15 is 0 Å². The lowest BCUT2D eigenvalue weighted by molar-refractivity contribution is -0.143. The number of aliphatic imine (C=N–C) groups is 1. The molecule has 3 aromatic carbocycles. The van der Waals surface area contributed by atoms with E-state index in [4.69, 9.17) is 16.2 Å². The highest BCUT2D eigenvalue weighted by molar-refractivity contribution is 5.93. The van der Waals surface area contributed by atoms with Gasteiger partial charge in [-0.3, -0.25) is 19.4 Å². The first-order valence-electron chi connectivity index (χ1n) is 13.4. The Hall–Kier alpha value is -4.86. The fourth-order valence-corrected chi connectivity index (χ4v) is 4.60. The van der Waals surface area contributed by atoms with Gasteiger partial charge in [0.25, 0.3) is 0 Å². The standard InChI is InChI=1S/C31H37N5O5/c1-41-25-16-14-22(15-17-25)18-20-36(26(13-8-19-34-31(32)33)29(39)35-21-27(37)38)30(40)28(23-9-4-2-5-10-23)24-11-6-3-7-12-24/h2-7,9-12,14-17,26,28H,8,13,18-21H2,1H3,(H,35,39)(H,37,38)(H4,32,33,34)/t26-/m0/s1. The Morgan fingerprint density at radius 3 is 2.02 bits per heavy atom. The van der Waals surface area contributed by atoms with Gasteiger partial charge in [0.05, 0.1) is 13.0 Å². The smallest absolute Gasteiger partial charge is 0.322 e. The van der Waals surface area contributed by atoms with Crippen LogP contribution in [-0.2, 0) is 20.8 Å². The molecule has 0 aliphatic rings. The molecule has 0 spiro atoms. The number of carbonyl (C=O) groups is 3. The van der Waals surface area contributed by atoms with Gasteiger partial charge in [0.2, 0.25) is 11.8 Å². The third-order valence-corrected chi connectivity index (χ3v) is 6.62. The minimum Gasteiger partial charge on any atom is -0.497 e. The average Bonchev–Trinajstić information content (AvgIpc) is 2.98. The van der Waals surface area contributed by atoms with Crippen molar-refractivity contribution in [1.29, 1.82) is 0 Å². The summed E-state index contributed by atoms with van der Waals surface area (Å²) in [5, 5.41) is 11.7. The summed E-state index contributed by atoms with van der Waals surface area (Å²) in [4.78, 5) is 44.8. The topological polar surface area (TPSA) is 160 Å². The zero-order valence-corrected chi connectivity index (χ0v) is 23.1. The number of carbonyl (C=O) groups excluding carboxylic acids is 2. The molecule has 0 radical (unpaired) electrons. The van der Waals surface area contributed by atoms with Gasteiger partial charge >= 0.3 is 5.97 Å². The molecule has 10 heteroatoms. The normalized spacial score (nSPS) is 11.4. The predicted octanol–water partition coefficient (Wildman–Crippen LogP) is 2.52. The molecular weight excluding hydrogens is 522 g/mol. The molecule has 0 heterocycles. The van der Waals surface area contributed by atoms with Crippen LogP contribution < -0.4 is 21.5 Å². The minimum absolute atomic E-state index is 0.0717. The second-order valence-electron chi connectivity index (χ2n) is 9.46. The van der Waals surface area contributed by atoms with E-state index in [0.29, 0.717) is 18.6 Å². The maximum atomic E-state index is 14.5. The van der Waals surface area contributed by atoms with Crippen LogP contribution in [-0.4, -0.2) is 66.5 Å². The maximum Gasteiger partial charge on any atom is 0.322 e. The Balaban J connectivity index is 2.02. The Bertz CT molecular complexity index is 1260. The number of nitrogens with one attached hydrogen (secondary N) is 1. The minimum atomic E-state index is -1.18. The van der Waals surface area contributed by atoms with Crippen LogP contribution in [0.4, 0.5) is 0 Å². The second kappa shape index (κ2) is 15.7. The van der Waals surface area contributed by atoms with Crippen LogP contribution in [0, 0.1) is 0 Å². The molecule has 216 valence electrons. The molecule has 6 N–H and O–H groups in total. The van der Waals surface area contributed by atoms with Crippen molar-refractivity contribution in [3.63, 3.8) is 0 Å². The molecule has 0 fully saturated rings. The van der Waals surface area contributed by atoms with Crippen molar-refractivity contribution in [3.8, 4) is 5.75 Å². The summed E-state index contributed by atoms with van der Waals surface area (Å²) in [5.41, 5.74) is 13.4. The largest absolute Gasteiger partial charge is 0.497 e. The highest BCUT2D eigenvalue weighted by Crippen LogP contribution is 2.29. The van der Waals surface area contributed by atoms with Gasteiger partial charge in [-0.25, -0.2) is 0 Å². The van der Waals surface area contributed by atoms with Crippen molar-refractivity contribution in [2.24, 2.45) is 16.5 Å². The molecule has 0 bridgehead atoms. The second-order valence-corrected chi connectivity index (χ2v) is 9.46. The first-order chi connectivity index (χ1) is 19.8. The van der Waals surface area contributed by atoms with Gasteiger partial charge in [-0.15, -0.1) is 0 Å². The Morgan fingerprint density at radius 1 is 0.927 bits per heavy atom. The molecule has 2 amide bonds. The highest BCUT2D eigenvalue weighted by Gasteiger charge is 2.35. The van der Waals surface area contributed by atoms with E-state index < -0.39 is 30.4 Å². The number of aliphatic carboxylic acids is 1. The fourth-order valence-electron chi connectivity index (χ4n) is 4.60. The van der Waals surface area contributed by atoms with Gasteiger partial charge in [-0.2, -0.15) is 0 Å². The summed E-state index contributed by atoms with van der Waals surface area (Å²) in [5.74, 6) is -2.05. The molecule has 0 saturated heterocycles. The van der Waals surface area contributed by atoms with E-state index in [1.165, 1.54) is 0 Å². The fraction of sp³-hybridized carbons (Fsp3) is 0.290. The van der Waals surface area contributed by atoms with Crippen LogP contribution in [0.15, 0.2) is 89.9 Å². The molecule has 0 unspecified atom stereocenters. The summed E-state index contributed by atoms with van der Waals surface area (Å²) in [6.07, 6.45) is 1.09. The zero-order chi connectivity index (χ0) is 29.6. The van der Waals surface area contributed by atoms with Gasteiger partial charge in [-0.05, 0) is 48.1 Å². The molecule has 41 heavy (non-hydrogen) atoms. The lowest BCUT2D eigenvalue weighted by Gasteiger charge is -2.34. The SMILES string of the molecule is COc1ccc(CCN(C(=O)C(c2ccccc2)c2ccccc2)[C@@H](CCCN=C(N)N)C(=O)NCC(=O)O)cc1. The summed E-state index contributed by atoms with van der Waals surface area (Å²) in [6, 6.07) is 25.3. The molecule has 10 nitrogen and oxygen atoms in total. The molecule has 3 rings (SSSR count). The van der Waals surface area contributed by atoms with Crippen LogP contribution in [0.1, 0.15) is 35.4 Å². The predicted molar refractivity (Wildman–Crippen MR) is 157 cm³/mol. The van der Waals surface area contributed by atoms with E-state index in [2.05, 4.69) is 10.3 Å². The number of methoxy groups -OCH3 is 1.